The van der Waals surface area contributed by atoms with E-state index in [0.29, 0.717) is 36.0 Å². The average Bonchev–Trinajstić information content (AvgIpc) is 2.77. The minimum Gasteiger partial charge on any atom is -0.496 e. The van der Waals surface area contributed by atoms with Gasteiger partial charge >= 0.3 is 0 Å². The molecule has 0 fully saturated rings. The lowest BCUT2D eigenvalue weighted by Gasteiger charge is -2.32. The number of nitrogens with one attached hydrogen (secondary N) is 1. The van der Waals surface area contributed by atoms with Crippen molar-refractivity contribution in [3.05, 3.63) is 29.8 Å². The molecule has 1 aliphatic rings. The molecule has 0 amide bonds. The maximum atomic E-state index is 13.2. The summed E-state index contributed by atoms with van der Waals surface area (Å²) in [4.78, 5) is 2.03. The summed E-state index contributed by atoms with van der Waals surface area (Å²) in [6.45, 7) is 0.437. The van der Waals surface area contributed by atoms with Gasteiger partial charge in [0, 0.05) is 23.7 Å². The maximum absolute atomic E-state index is 13.2. The molecular weight excluding hydrogens is 424 g/mol. The van der Waals surface area contributed by atoms with Gasteiger partial charge in [0.1, 0.15) is 18.1 Å². The molecule has 170 valence electrons. The number of fused-ring (bicyclic) bond motifs is 1. The predicted octanol–water partition coefficient (Wildman–Crippen LogP) is 2.39. The van der Waals surface area contributed by atoms with Gasteiger partial charge in [0.05, 0.1) is 39.0 Å². The Bertz CT molecular complexity index is 1030. The van der Waals surface area contributed by atoms with Crippen molar-refractivity contribution in [1.29, 1.82) is 0 Å². The highest BCUT2D eigenvalue weighted by Crippen LogP contribution is 2.42. The van der Waals surface area contributed by atoms with Gasteiger partial charge in [0.2, 0.25) is 5.75 Å². The van der Waals surface area contributed by atoms with Gasteiger partial charge in [-0.3, -0.25) is 4.72 Å². The summed E-state index contributed by atoms with van der Waals surface area (Å²) in [7, 11) is 5.85. The second-order valence-corrected chi connectivity index (χ2v) is 8.90. The number of nitrogens with zero attached hydrogens (tertiary/aromatic N) is 1. The summed E-state index contributed by atoms with van der Waals surface area (Å²) in [5.41, 5.74) is 1.15. The maximum Gasteiger partial charge on any atom is 0.262 e. The van der Waals surface area contributed by atoms with E-state index < -0.39 is 10.0 Å². The SMILES string of the molecule is COc1ccc(NS(=O)(=O)c2cc(OC)c(OC)c(OC)c2)c2c1C[C@@H](N(C)C)CO2. The van der Waals surface area contributed by atoms with E-state index in [9.17, 15) is 8.42 Å². The van der Waals surface area contributed by atoms with Crippen LogP contribution in [0.4, 0.5) is 5.69 Å². The fourth-order valence-corrected chi connectivity index (χ4v) is 4.55. The fourth-order valence-electron chi connectivity index (χ4n) is 3.46. The van der Waals surface area contributed by atoms with Crippen LogP contribution in [0, 0.1) is 0 Å². The third-order valence-corrected chi connectivity index (χ3v) is 6.57. The predicted molar refractivity (Wildman–Crippen MR) is 117 cm³/mol. The minimum atomic E-state index is -3.98. The van der Waals surface area contributed by atoms with Gasteiger partial charge in [-0.05, 0) is 32.6 Å². The first-order chi connectivity index (χ1) is 14.7. The van der Waals surface area contributed by atoms with Crippen LogP contribution in [0.25, 0.3) is 0 Å². The minimum absolute atomic E-state index is 0.0338. The van der Waals surface area contributed by atoms with Crippen LogP contribution in [-0.4, -0.2) is 68.5 Å². The van der Waals surface area contributed by atoms with Crippen LogP contribution in [0.3, 0.4) is 0 Å². The average molecular weight is 453 g/mol. The smallest absolute Gasteiger partial charge is 0.262 e. The quantitative estimate of drug-likeness (QED) is 0.652. The Morgan fingerprint density at radius 3 is 2.10 bits per heavy atom. The molecule has 1 atom stereocenters. The zero-order chi connectivity index (χ0) is 22.8. The number of likely N-dealkylation sites (N-methyl/N-ethyl adjacent to an activating group) is 1. The molecule has 3 rings (SSSR count). The molecule has 9 nitrogen and oxygen atoms in total. The van der Waals surface area contributed by atoms with Gasteiger partial charge in [-0.25, -0.2) is 8.42 Å². The lowest BCUT2D eigenvalue weighted by molar-refractivity contribution is 0.164. The Balaban J connectivity index is 2.02. The van der Waals surface area contributed by atoms with Crippen LogP contribution >= 0.6 is 0 Å². The molecule has 1 N–H and O–H groups in total. The summed E-state index contributed by atoms with van der Waals surface area (Å²) in [6.07, 6.45) is 0.672. The second kappa shape index (κ2) is 9.11. The molecule has 0 radical (unpaired) electrons. The zero-order valence-corrected chi connectivity index (χ0v) is 19.3. The monoisotopic (exact) mass is 452 g/mol. The van der Waals surface area contributed by atoms with Crippen LogP contribution in [0.1, 0.15) is 5.56 Å². The highest BCUT2D eigenvalue weighted by Gasteiger charge is 2.29. The van der Waals surface area contributed by atoms with E-state index in [-0.39, 0.29) is 22.4 Å². The zero-order valence-electron chi connectivity index (χ0n) is 18.5. The summed E-state index contributed by atoms with van der Waals surface area (Å²) in [5.74, 6) is 1.91. The molecule has 2 aromatic carbocycles. The molecule has 31 heavy (non-hydrogen) atoms. The van der Waals surface area contributed by atoms with Gasteiger partial charge < -0.3 is 28.6 Å². The third-order valence-electron chi connectivity index (χ3n) is 5.22. The van der Waals surface area contributed by atoms with Gasteiger partial charge in [-0.1, -0.05) is 0 Å². The Morgan fingerprint density at radius 1 is 0.968 bits per heavy atom. The lowest BCUT2D eigenvalue weighted by Crippen LogP contribution is -2.38. The molecular formula is C21H28N2O7S. The number of anilines is 1. The number of hydrogen-bond donors (Lipinski definition) is 1. The van der Waals surface area contributed by atoms with Gasteiger partial charge in [-0.2, -0.15) is 0 Å². The number of hydrogen-bond acceptors (Lipinski definition) is 8. The first-order valence-electron chi connectivity index (χ1n) is 9.57. The molecule has 1 heterocycles. The Labute approximate surface area is 182 Å². The Kier molecular flexibility index (Phi) is 6.71. The van der Waals surface area contributed by atoms with Crippen LogP contribution in [0.5, 0.6) is 28.7 Å². The molecule has 0 bridgehead atoms. The number of sulfonamides is 1. The molecule has 2 aromatic rings. The van der Waals surface area contributed by atoms with Crippen LogP contribution in [-0.2, 0) is 16.4 Å². The molecule has 0 aromatic heterocycles. The molecule has 0 saturated carbocycles. The van der Waals surface area contributed by atoms with Gasteiger partial charge in [0.25, 0.3) is 10.0 Å². The van der Waals surface area contributed by atoms with E-state index in [1.165, 1.54) is 33.5 Å². The van der Waals surface area contributed by atoms with Crippen molar-refractivity contribution in [3.63, 3.8) is 0 Å². The van der Waals surface area contributed by atoms with Gasteiger partial charge in [-0.15, -0.1) is 0 Å². The van der Waals surface area contributed by atoms with Crippen molar-refractivity contribution >= 4 is 15.7 Å². The van der Waals surface area contributed by atoms with E-state index in [1.807, 2.05) is 14.1 Å². The van der Waals surface area contributed by atoms with Crippen molar-refractivity contribution in [1.82, 2.24) is 4.90 Å². The van der Waals surface area contributed by atoms with Crippen LogP contribution < -0.4 is 28.4 Å². The largest absolute Gasteiger partial charge is 0.496 e. The highest BCUT2D eigenvalue weighted by atomic mass is 32.2. The van der Waals surface area contributed by atoms with E-state index in [4.69, 9.17) is 23.7 Å². The number of ether oxygens (including phenoxy) is 5. The van der Waals surface area contributed by atoms with Gasteiger partial charge in [0.15, 0.2) is 11.5 Å². The lowest BCUT2D eigenvalue weighted by atomic mass is 10.00. The van der Waals surface area contributed by atoms with E-state index in [1.54, 1.807) is 19.2 Å². The molecule has 10 heteroatoms. The fraction of sp³-hybridized carbons (Fsp3) is 0.429. The third kappa shape index (κ3) is 4.45. The summed E-state index contributed by atoms with van der Waals surface area (Å²) in [6, 6.07) is 6.27. The van der Waals surface area contributed by atoms with E-state index in [0.717, 1.165) is 5.56 Å². The van der Waals surface area contributed by atoms with Crippen molar-refractivity contribution < 1.29 is 32.1 Å². The second-order valence-electron chi connectivity index (χ2n) is 7.22. The summed E-state index contributed by atoms with van der Waals surface area (Å²) < 4.78 is 56.3. The first-order valence-corrected chi connectivity index (χ1v) is 11.1. The summed E-state index contributed by atoms with van der Waals surface area (Å²) in [5, 5.41) is 0. The van der Waals surface area contributed by atoms with E-state index >= 15 is 0 Å². The van der Waals surface area contributed by atoms with Crippen molar-refractivity contribution in [2.45, 2.75) is 17.4 Å². The molecule has 0 aliphatic carbocycles. The van der Waals surface area contributed by atoms with Crippen LogP contribution in [0.15, 0.2) is 29.2 Å². The molecule has 0 saturated heterocycles. The first kappa shape index (κ1) is 22.8. The van der Waals surface area contributed by atoms with E-state index in [2.05, 4.69) is 9.62 Å². The molecule has 1 aliphatic heterocycles. The molecule has 0 spiro atoms. The van der Waals surface area contributed by atoms with Crippen molar-refractivity contribution in [3.8, 4) is 28.7 Å². The highest BCUT2D eigenvalue weighted by molar-refractivity contribution is 7.92. The van der Waals surface area contributed by atoms with Crippen molar-refractivity contribution in [2.75, 3.05) is 53.9 Å². The number of benzene rings is 2. The standard InChI is InChI=1S/C21H28N2O7S/c1-23(2)13-9-15-17(26-3)8-7-16(20(15)30-12-13)22-31(24,25)14-10-18(27-4)21(29-6)19(11-14)28-5/h7-8,10-11,13,22H,9,12H2,1-6H3/t13-/m1/s1. The Morgan fingerprint density at radius 2 is 1.58 bits per heavy atom. The Hall–Kier alpha value is -2.85. The normalized spacial score (nSPS) is 15.6. The number of rotatable bonds is 8. The summed E-state index contributed by atoms with van der Waals surface area (Å²) >= 11 is 0. The number of methoxy groups -OCH3 is 4. The molecule has 0 unspecified atom stereocenters. The van der Waals surface area contributed by atoms with Crippen LogP contribution in [0.2, 0.25) is 0 Å². The topological polar surface area (TPSA) is 95.6 Å². The van der Waals surface area contributed by atoms with Crippen molar-refractivity contribution in [2.24, 2.45) is 0 Å².